The third kappa shape index (κ3) is 7.90. The number of nitrogens with zero attached hydrogens (tertiary/aromatic N) is 1. The Kier molecular flexibility index (Phi) is 10.6. The second kappa shape index (κ2) is 13.2. The minimum Gasteiger partial charge on any atom is -0.497 e. The Morgan fingerprint density at radius 3 is 2.38 bits per heavy atom. The molecular formula is C26H36N2O3S. The van der Waals surface area contributed by atoms with E-state index in [4.69, 9.17) is 4.74 Å². The van der Waals surface area contributed by atoms with Gasteiger partial charge in [-0.2, -0.15) is 0 Å². The van der Waals surface area contributed by atoms with E-state index in [1.54, 1.807) is 23.8 Å². The fourth-order valence-electron chi connectivity index (χ4n) is 3.43. The number of amides is 2. The van der Waals surface area contributed by atoms with E-state index in [9.17, 15) is 9.59 Å². The standard InChI is InChI=1S/C26H36N2O3S/c1-6-20(4)27-26(30)24(7-2)28(16-22-10-8-9-19(3)15-22)25(29)18-32-17-21-11-13-23(31-5)14-12-21/h8-15,20,24H,6-7,16-18H2,1-5H3,(H,27,30)/t20-,24+/m0/s1. The van der Waals surface area contributed by atoms with Crippen molar-refractivity contribution < 1.29 is 14.3 Å². The van der Waals surface area contributed by atoms with E-state index in [2.05, 4.69) is 11.4 Å². The van der Waals surface area contributed by atoms with Crippen LogP contribution in [0.5, 0.6) is 5.75 Å². The van der Waals surface area contributed by atoms with Crippen LogP contribution >= 0.6 is 11.8 Å². The van der Waals surface area contributed by atoms with Crippen molar-refractivity contribution in [1.82, 2.24) is 10.2 Å². The summed E-state index contributed by atoms with van der Waals surface area (Å²) in [6, 6.07) is 15.6. The van der Waals surface area contributed by atoms with Gasteiger partial charge in [-0.05, 0) is 49.9 Å². The van der Waals surface area contributed by atoms with Crippen LogP contribution in [0.2, 0.25) is 0 Å². The summed E-state index contributed by atoms with van der Waals surface area (Å²) in [5, 5.41) is 3.05. The van der Waals surface area contributed by atoms with Gasteiger partial charge in [0.15, 0.2) is 0 Å². The highest BCUT2D eigenvalue weighted by Crippen LogP contribution is 2.19. The third-order valence-corrected chi connectivity index (χ3v) is 6.46. The molecule has 0 aromatic heterocycles. The Morgan fingerprint density at radius 1 is 1.06 bits per heavy atom. The Morgan fingerprint density at radius 2 is 1.78 bits per heavy atom. The van der Waals surface area contributed by atoms with Crippen molar-refractivity contribution in [1.29, 1.82) is 0 Å². The van der Waals surface area contributed by atoms with Gasteiger partial charge >= 0.3 is 0 Å². The van der Waals surface area contributed by atoms with Crippen LogP contribution in [0.4, 0.5) is 0 Å². The SMILES string of the molecule is CC[C@H](C(=O)N[C@@H](C)CC)N(Cc1cccc(C)c1)C(=O)CSCc1ccc(OC)cc1. The molecule has 0 bridgehead atoms. The van der Waals surface area contributed by atoms with Gasteiger partial charge in [-0.15, -0.1) is 11.8 Å². The lowest BCUT2D eigenvalue weighted by atomic mass is 10.1. The maximum absolute atomic E-state index is 13.3. The summed E-state index contributed by atoms with van der Waals surface area (Å²) >= 11 is 1.56. The van der Waals surface area contributed by atoms with Crippen molar-refractivity contribution in [2.24, 2.45) is 0 Å². The first-order valence-corrected chi connectivity index (χ1v) is 12.4. The van der Waals surface area contributed by atoms with Gasteiger partial charge in [0.1, 0.15) is 11.8 Å². The lowest BCUT2D eigenvalue weighted by molar-refractivity contribution is -0.139. The van der Waals surface area contributed by atoms with Gasteiger partial charge in [0.05, 0.1) is 12.9 Å². The first kappa shape index (κ1) is 25.8. The van der Waals surface area contributed by atoms with Crippen LogP contribution < -0.4 is 10.1 Å². The van der Waals surface area contributed by atoms with E-state index in [1.165, 1.54) is 0 Å². The Hall–Kier alpha value is -2.47. The largest absolute Gasteiger partial charge is 0.497 e. The number of hydrogen-bond donors (Lipinski definition) is 1. The van der Waals surface area contributed by atoms with Crippen LogP contribution in [0.15, 0.2) is 48.5 Å². The summed E-state index contributed by atoms with van der Waals surface area (Å²) in [6.07, 6.45) is 1.43. The molecule has 2 aromatic carbocycles. The molecule has 0 radical (unpaired) electrons. The smallest absolute Gasteiger partial charge is 0.243 e. The number of nitrogens with one attached hydrogen (secondary N) is 1. The predicted octanol–water partition coefficient (Wildman–Crippen LogP) is 4.96. The minimum absolute atomic E-state index is 0.0174. The van der Waals surface area contributed by atoms with Crippen LogP contribution in [0, 0.1) is 6.92 Å². The maximum atomic E-state index is 13.3. The molecule has 0 spiro atoms. The summed E-state index contributed by atoms with van der Waals surface area (Å²) in [7, 11) is 1.65. The number of carbonyl (C=O) groups excluding carboxylic acids is 2. The van der Waals surface area contributed by atoms with Crippen molar-refractivity contribution in [3.63, 3.8) is 0 Å². The van der Waals surface area contributed by atoms with Gasteiger partial charge in [-0.1, -0.05) is 55.8 Å². The first-order valence-electron chi connectivity index (χ1n) is 11.2. The Labute approximate surface area is 196 Å². The van der Waals surface area contributed by atoms with E-state index < -0.39 is 6.04 Å². The molecule has 5 nitrogen and oxygen atoms in total. The normalized spacial score (nSPS) is 12.7. The number of thioether (sulfide) groups is 1. The average molecular weight is 457 g/mol. The average Bonchev–Trinajstić information content (AvgIpc) is 2.79. The molecule has 1 N–H and O–H groups in total. The highest BCUT2D eigenvalue weighted by molar-refractivity contribution is 7.99. The lowest BCUT2D eigenvalue weighted by Crippen LogP contribution is -2.51. The van der Waals surface area contributed by atoms with Gasteiger partial charge in [0, 0.05) is 18.3 Å². The van der Waals surface area contributed by atoms with Crippen LogP contribution in [-0.4, -0.2) is 41.7 Å². The molecule has 2 aromatic rings. The third-order valence-electron chi connectivity index (χ3n) is 5.48. The fraction of sp³-hybridized carbons (Fsp3) is 0.462. The van der Waals surface area contributed by atoms with Crippen LogP contribution in [0.1, 0.15) is 50.3 Å². The second-order valence-electron chi connectivity index (χ2n) is 8.09. The number of hydrogen-bond acceptors (Lipinski definition) is 4. The summed E-state index contributed by atoms with van der Waals surface area (Å²) < 4.78 is 5.20. The number of benzene rings is 2. The zero-order valence-electron chi connectivity index (χ0n) is 19.9. The molecule has 2 atom stereocenters. The molecule has 174 valence electrons. The first-order chi connectivity index (χ1) is 15.4. The molecule has 0 heterocycles. The lowest BCUT2D eigenvalue weighted by Gasteiger charge is -2.31. The fourth-order valence-corrected chi connectivity index (χ4v) is 4.30. The van der Waals surface area contributed by atoms with Crippen molar-refractivity contribution in [2.45, 2.75) is 64.9 Å². The topological polar surface area (TPSA) is 58.6 Å². The molecule has 0 aliphatic rings. The van der Waals surface area contributed by atoms with Crippen molar-refractivity contribution in [3.8, 4) is 5.75 Å². The molecule has 32 heavy (non-hydrogen) atoms. The number of ether oxygens (including phenoxy) is 1. The number of methoxy groups -OCH3 is 1. The van der Waals surface area contributed by atoms with E-state index >= 15 is 0 Å². The van der Waals surface area contributed by atoms with Crippen LogP contribution in [-0.2, 0) is 21.9 Å². The monoisotopic (exact) mass is 456 g/mol. The second-order valence-corrected chi connectivity index (χ2v) is 9.08. The highest BCUT2D eigenvalue weighted by atomic mass is 32.2. The van der Waals surface area contributed by atoms with Gasteiger partial charge in [0.2, 0.25) is 11.8 Å². The highest BCUT2D eigenvalue weighted by Gasteiger charge is 2.29. The summed E-state index contributed by atoms with van der Waals surface area (Å²) in [6.45, 7) is 8.45. The molecule has 6 heteroatoms. The van der Waals surface area contributed by atoms with Crippen molar-refractivity contribution in [3.05, 3.63) is 65.2 Å². The zero-order chi connectivity index (χ0) is 23.5. The molecule has 0 saturated carbocycles. The molecule has 0 aliphatic carbocycles. The summed E-state index contributed by atoms with van der Waals surface area (Å²) in [4.78, 5) is 28.0. The molecular weight excluding hydrogens is 420 g/mol. The Bertz CT molecular complexity index is 870. The number of carbonyl (C=O) groups is 2. The number of aryl methyl sites for hydroxylation is 1. The van der Waals surface area contributed by atoms with Crippen molar-refractivity contribution >= 4 is 23.6 Å². The summed E-state index contributed by atoms with van der Waals surface area (Å²) in [5.41, 5.74) is 3.31. The van der Waals surface area contributed by atoms with Crippen LogP contribution in [0.3, 0.4) is 0 Å². The quantitative estimate of drug-likeness (QED) is 0.490. The molecule has 0 saturated heterocycles. The van der Waals surface area contributed by atoms with Gasteiger partial charge < -0.3 is 15.0 Å². The van der Waals surface area contributed by atoms with Crippen molar-refractivity contribution in [2.75, 3.05) is 12.9 Å². The minimum atomic E-state index is -0.487. The maximum Gasteiger partial charge on any atom is 0.243 e. The van der Waals surface area contributed by atoms with Crippen LogP contribution in [0.25, 0.3) is 0 Å². The van der Waals surface area contributed by atoms with E-state index in [-0.39, 0.29) is 17.9 Å². The molecule has 0 aliphatic heterocycles. The molecule has 2 amide bonds. The number of rotatable bonds is 12. The van der Waals surface area contributed by atoms with E-state index in [0.29, 0.717) is 18.7 Å². The molecule has 0 unspecified atom stereocenters. The van der Waals surface area contributed by atoms with Gasteiger partial charge in [-0.25, -0.2) is 0 Å². The summed E-state index contributed by atoms with van der Waals surface area (Å²) in [5.74, 6) is 1.77. The van der Waals surface area contributed by atoms with Gasteiger partial charge in [-0.3, -0.25) is 9.59 Å². The van der Waals surface area contributed by atoms with E-state index in [1.807, 2.05) is 70.2 Å². The zero-order valence-corrected chi connectivity index (χ0v) is 20.7. The molecule has 0 fully saturated rings. The Balaban J connectivity index is 2.11. The molecule has 2 rings (SSSR count). The van der Waals surface area contributed by atoms with E-state index in [0.717, 1.165) is 34.6 Å². The predicted molar refractivity (Wildman–Crippen MR) is 133 cm³/mol. The van der Waals surface area contributed by atoms with Gasteiger partial charge in [0.25, 0.3) is 0 Å².